The summed E-state index contributed by atoms with van der Waals surface area (Å²) in [4.78, 5) is 2.16. The van der Waals surface area contributed by atoms with E-state index in [0.717, 1.165) is 26.0 Å². The van der Waals surface area contributed by atoms with Gasteiger partial charge in [0.1, 0.15) is 0 Å². The third-order valence-corrected chi connectivity index (χ3v) is 1.30. The van der Waals surface area contributed by atoms with Gasteiger partial charge in [0.05, 0.1) is 12.9 Å². The van der Waals surface area contributed by atoms with Crippen LogP contribution < -0.4 is 0 Å². The summed E-state index contributed by atoms with van der Waals surface area (Å²) in [6, 6.07) is 0. The van der Waals surface area contributed by atoms with E-state index in [1.165, 1.54) is 0 Å². The van der Waals surface area contributed by atoms with Gasteiger partial charge in [0.25, 0.3) is 0 Å². The van der Waals surface area contributed by atoms with Crippen molar-refractivity contribution in [2.24, 2.45) is 0 Å². The van der Waals surface area contributed by atoms with Crippen LogP contribution in [0, 0.1) is 0 Å². The minimum Gasteiger partial charge on any atom is -0.501 e. The second-order valence-electron chi connectivity index (χ2n) is 2.81. The van der Waals surface area contributed by atoms with Crippen molar-refractivity contribution < 1.29 is 4.74 Å². The molecule has 0 bridgehead atoms. The van der Waals surface area contributed by atoms with Crippen LogP contribution in [0.2, 0.25) is 0 Å². The Kier molecular flexibility index (Phi) is 7.26. The van der Waals surface area contributed by atoms with Gasteiger partial charge in [-0.05, 0) is 26.9 Å². The molecule has 0 spiro atoms. The van der Waals surface area contributed by atoms with Crippen LogP contribution in [-0.2, 0) is 4.74 Å². The third-order valence-electron chi connectivity index (χ3n) is 1.30. The van der Waals surface area contributed by atoms with E-state index >= 15 is 0 Å². The number of hydrogen-bond donors (Lipinski definition) is 0. The normalized spacial score (nSPS) is 11.3. The largest absolute Gasteiger partial charge is 0.501 e. The highest BCUT2D eigenvalue weighted by Gasteiger charge is 1.88. The van der Waals surface area contributed by atoms with Gasteiger partial charge in [-0.2, -0.15) is 0 Å². The highest BCUT2D eigenvalue weighted by molar-refractivity contribution is 4.70. The van der Waals surface area contributed by atoms with E-state index in [0.29, 0.717) is 0 Å². The first-order valence-corrected chi connectivity index (χ1v) is 4.18. The first-order valence-electron chi connectivity index (χ1n) is 4.18. The quantitative estimate of drug-likeness (QED) is 0.431. The zero-order valence-corrected chi connectivity index (χ0v) is 7.84. The van der Waals surface area contributed by atoms with Crippen molar-refractivity contribution in [3.05, 3.63) is 12.3 Å². The third kappa shape index (κ3) is 9.50. The van der Waals surface area contributed by atoms with E-state index in [1.54, 1.807) is 6.26 Å². The van der Waals surface area contributed by atoms with Gasteiger partial charge in [-0.15, -0.1) is 0 Å². The standard InChI is InChI=1S/C9H19NO/c1-4-5-8-11-9-6-7-10(2)3/h5,8H,4,6-7,9H2,1-3H3. The van der Waals surface area contributed by atoms with Crippen molar-refractivity contribution in [1.29, 1.82) is 0 Å². The van der Waals surface area contributed by atoms with Crippen LogP contribution in [0.15, 0.2) is 12.3 Å². The first-order chi connectivity index (χ1) is 5.27. The van der Waals surface area contributed by atoms with Gasteiger partial charge in [0.2, 0.25) is 0 Å². The van der Waals surface area contributed by atoms with E-state index in [9.17, 15) is 0 Å². The molecule has 0 unspecified atom stereocenters. The second kappa shape index (κ2) is 7.61. The van der Waals surface area contributed by atoms with E-state index < -0.39 is 0 Å². The Bertz CT molecular complexity index is 99.7. The molecule has 0 rings (SSSR count). The molecule has 0 saturated carbocycles. The summed E-state index contributed by atoms with van der Waals surface area (Å²) < 4.78 is 5.22. The van der Waals surface area contributed by atoms with Crippen molar-refractivity contribution in [1.82, 2.24) is 4.90 Å². The predicted octanol–water partition coefficient (Wildman–Crippen LogP) is 1.88. The topological polar surface area (TPSA) is 12.5 Å². The number of ether oxygens (including phenoxy) is 1. The molecule has 0 aliphatic heterocycles. The van der Waals surface area contributed by atoms with Gasteiger partial charge in [0.15, 0.2) is 0 Å². The summed E-state index contributed by atoms with van der Waals surface area (Å²) in [5.74, 6) is 0. The highest BCUT2D eigenvalue weighted by Crippen LogP contribution is 1.87. The Morgan fingerprint density at radius 2 is 2.09 bits per heavy atom. The SMILES string of the molecule is CCC=COCCCN(C)C. The van der Waals surface area contributed by atoms with Crippen LogP contribution in [0.1, 0.15) is 19.8 Å². The molecule has 11 heavy (non-hydrogen) atoms. The number of allylic oxidation sites excluding steroid dienone is 1. The monoisotopic (exact) mass is 157 g/mol. The molecular formula is C9H19NO. The maximum atomic E-state index is 5.22. The molecule has 66 valence electrons. The first kappa shape index (κ1) is 10.5. The van der Waals surface area contributed by atoms with E-state index in [2.05, 4.69) is 25.9 Å². The van der Waals surface area contributed by atoms with E-state index in [1.807, 2.05) is 6.08 Å². The van der Waals surface area contributed by atoms with Crippen LogP contribution in [-0.4, -0.2) is 32.1 Å². The lowest BCUT2D eigenvalue weighted by Gasteiger charge is -2.07. The number of nitrogens with zero attached hydrogens (tertiary/aromatic N) is 1. The molecule has 0 heterocycles. The average molecular weight is 157 g/mol. The lowest BCUT2D eigenvalue weighted by molar-refractivity contribution is 0.227. The molecule has 0 aromatic rings. The van der Waals surface area contributed by atoms with Crippen LogP contribution in [0.3, 0.4) is 0 Å². The van der Waals surface area contributed by atoms with Gasteiger partial charge >= 0.3 is 0 Å². The Balaban J connectivity index is 2.96. The maximum Gasteiger partial charge on any atom is 0.0885 e. The molecule has 0 saturated heterocycles. The van der Waals surface area contributed by atoms with E-state index in [-0.39, 0.29) is 0 Å². The maximum absolute atomic E-state index is 5.22. The Morgan fingerprint density at radius 3 is 2.64 bits per heavy atom. The Morgan fingerprint density at radius 1 is 1.36 bits per heavy atom. The van der Waals surface area contributed by atoms with Crippen molar-refractivity contribution in [3.63, 3.8) is 0 Å². The van der Waals surface area contributed by atoms with Gasteiger partial charge in [0, 0.05) is 6.54 Å². The molecular weight excluding hydrogens is 138 g/mol. The Labute approximate surface area is 69.8 Å². The molecule has 0 aliphatic carbocycles. The molecule has 0 N–H and O–H groups in total. The molecule has 0 aromatic heterocycles. The average Bonchev–Trinajstić information content (AvgIpc) is 1.96. The summed E-state index contributed by atoms with van der Waals surface area (Å²) in [7, 11) is 4.14. The van der Waals surface area contributed by atoms with Crippen LogP contribution in [0.25, 0.3) is 0 Å². The highest BCUT2D eigenvalue weighted by atomic mass is 16.5. The van der Waals surface area contributed by atoms with Crippen molar-refractivity contribution >= 4 is 0 Å². The van der Waals surface area contributed by atoms with Gasteiger partial charge < -0.3 is 9.64 Å². The molecule has 0 aromatic carbocycles. The van der Waals surface area contributed by atoms with Crippen LogP contribution >= 0.6 is 0 Å². The number of rotatable bonds is 6. The van der Waals surface area contributed by atoms with Crippen molar-refractivity contribution in [3.8, 4) is 0 Å². The summed E-state index contributed by atoms with van der Waals surface area (Å²) in [5.41, 5.74) is 0. The van der Waals surface area contributed by atoms with Gasteiger partial charge in [-0.1, -0.05) is 13.0 Å². The van der Waals surface area contributed by atoms with E-state index in [4.69, 9.17) is 4.74 Å². The summed E-state index contributed by atoms with van der Waals surface area (Å²) in [6.07, 6.45) is 5.96. The predicted molar refractivity (Wildman–Crippen MR) is 48.6 cm³/mol. The summed E-state index contributed by atoms with van der Waals surface area (Å²) >= 11 is 0. The molecule has 0 atom stereocenters. The van der Waals surface area contributed by atoms with Gasteiger partial charge in [-0.3, -0.25) is 0 Å². The molecule has 2 nitrogen and oxygen atoms in total. The summed E-state index contributed by atoms with van der Waals surface area (Å²) in [6.45, 7) is 4.02. The van der Waals surface area contributed by atoms with Gasteiger partial charge in [-0.25, -0.2) is 0 Å². The smallest absolute Gasteiger partial charge is 0.0885 e. The molecule has 2 heteroatoms. The number of hydrogen-bond acceptors (Lipinski definition) is 2. The second-order valence-corrected chi connectivity index (χ2v) is 2.81. The Hall–Kier alpha value is -0.500. The van der Waals surface area contributed by atoms with Crippen molar-refractivity contribution in [2.75, 3.05) is 27.2 Å². The fraction of sp³-hybridized carbons (Fsp3) is 0.778. The molecule has 0 radical (unpaired) electrons. The fourth-order valence-corrected chi connectivity index (χ4v) is 0.696. The lowest BCUT2D eigenvalue weighted by Crippen LogP contribution is -2.14. The molecule has 0 amide bonds. The molecule has 0 aliphatic rings. The van der Waals surface area contributed by atoms with Crippen LogP contribution in [0.5, 0.6) is 0 Å². The van der Waals surface area contributed by atoms with Crippen LogP contribution in [0.4, 0.5) is 0 Å². The summed E-state index contributed by atoms with van der Waals surface area (Å²) in [5, 5.41) is 0. The minimum atomic E-state index is 0.828. The van der Waals surface area contributed by atoms with Crippen molar-refractivity contribution in [2.45, 2.75) is 19.8 Å². The zero-order valence-electron chi connectivity index (χ0n) is 7.84. The minimum absolute atomic E-state index is 0.828. The zero-order chi connectivity index (χ0) is 8.53. The fourth-order valence-electron chi connectivity index (χ4n) is 0.696. The molecule has 0 fully saturated rings. The lowest BCUT2D eigenvalue weighted by atomic mass is 10.4.